The molecule has 1 saturated heterocycles. The van der Waals surface area contributed by atoms with Crippen molar-refractivity contribution in [3.8, 4) is 0 Å². The van der Waals surface area contributed by atoms with E-state index < -0.39 is 0 Å². The number of fused-ring (bicyclic) bond motifs is 1. The minimum atomic E-state index is 0.606. The Morgan fingerprint density at radius 3 is 2.95 bits per heavy atom. The third-order valence-electron chi connectivity index (χ3n) is 4.51. The highest BCUT2D eigenvalue weighted by atomic mass is 15.2. The molecule has 2 heteroatoms. The summed E-state index contributed by atoms with van der Waals surface area (Å²) in [6.07, 6.45) is 3.98. The van der Waals surface area contributed by atoms with Gasteiger partial charge in [0.2, 0.25) is 0 Å². The summed E-state index contributed by atoms with van der Waals surface area (Å²) in [7, 11) is 0. The molecule has 0 amide bonds. The van der Waals surface area contributed by atoms with Crippen LogP contribution >= 0.6 is 0 Å². The van der Waals surface area contributed by atoms with Crippen LogP contribution in [0.3, 0.4) is 0 Å². The Kier molecular flexibility index (Phi) is 3.90. The van der Waals surface area contributed by atoms with Crippen LogP contribution in [0.4, 0.5) is 0 Å². The van der Waals surface area contributed by atoms with Crippen molar-refractivity contribution in [2.45, 2.75) is 51.1 Å². The molecule has 0 spiro atoms. The molecule has 1 heterocycles. The van der Waals surface area contributed by atoms with Gasteiger partial charge >= 0.3 is 0 Å². The van der Waals surface area contributed by atoms with Gasteiger partial charge < -0.3 is 10.2 Å². The Balaban J connectivity index is 1.54. The van der Waals surface area contributed by atoms with E-state index in [2.05, 4.69) is 48.3 Å². The van der Waals surface area contributed by atoms with Crippen LogP contribution in [-0.4, -0.2) is 36.6 Å². The molecule has 1 fully saturated rings. The molecule has 3 rings (SSSR count). The molecule has 0 radical (unpaired) electrons. The van der Waals surface area contributed by atoms with Crippen LogP contribution in [0.15, 0.2) is 24.3 Å². The summed E-state index contributed by atoms with van der Waals surface area (Å²) in [5, 5.41) is 3.70. The van der Waals surface area contributed by atoms with Crippen molar-refractivity contribution in [2.75, 3.05) is 19.6 Å². The minimum Gasteiger partial charge on any atom is -0.311 e. The fraction of sp³-hybridized carbons (Fsp3) is 0.647. The zero-order valence-corrected chi connectivity index (χ0v) is 12.2. The van der Waals surface area contributed by atoms with E-state index in [0.717, 1.165) is 5.92 Å². The molecule has 0 bridgehead atoms. The summed E-state index contributed by atoms with van der Waals surface area (Å²) >= 11 is 0. The summed E-state index contributed by atoms with van der Waals surface area (Å²) in [6.45, 7) is 8.28. The van der Waals surface area contributed by atoms with Gasteiger partial charge in [0.1, 0.15) is 0 Å². The van der Waals surface area contributed by atoms with E-state index in [-0.39, 0.29) is 0 Å². The molecule has 2 nitrogen and oxygen atoms in total. The molecule has 1 N–H and O–H groups in total. The highest BCUT2D eigenvalue weighted by Gasteiger charge is 2.29. The van der Waals surface area contributed by atoms with Crippen LogP contribution < -0.4 is 5.32 Å². The predicted octanol–water partition coefficient (Wildman–Crippen LogP) is 2.79. The summed E-state index contributed by atoms with van der Waals surface area (Å²) < 4.78 is 0. The molecule has 0 aromatic heterocycles. The van der Waals surface area contributed by atoms with Gasteiger partial charge in [-0.3, -0.25) is 0 Å². The Bertz CT molecular complexity index is 427. The fourth-order valence-electron chi connectivity index (χ4n) is 3.67. The average molecular weight is 258 g/mol. The summed E-state index contributed by atoms with van der Waals surface area (Å²) in [6, 6.07) is 10.3. The van der Waals surface area contributed by atoms with Crippen molar-refractivity contribution in [2.24, 2.45) is 0 Å². The maximum absolute atomic E-state index is 3.70. The maximum atomic E-state index is 3.70. The van der Waals surface area contributed by atoms with E-state index in [1.165, 1.54) is 38.9 Å². The van der Waals surface area contributed by atoms with Gasteiger partial charge in [0.25, 0.3) is 0 Å². The molecule has 2 aliphatic rings. The molecular weight excluding hydrogens is 232 g/mol. The molecule has 2 atom stereocenters. The van der Waals surface area contributed by atoms with Crippen LogP contribution in [-0.2, 0) is 6.42 Å². The summed E-state index contributed by atoms with van der Waals surface area (Å²) in [5.41, 5.74) is 3.17. The molecule has 1 aromatic carbocycles. The lowest BCUT2D eigenvalue weighted by atomic mass is 9.77. The van der Waals surface area contributed by atoms with Gasteiger partial charge in [-0.15, -0.1) is 0 Å². The number of hydrogen-bond donors (Lipinski definition) is 1. The third kappa shape index (κ3) is 3.01. The molecule has 1 aliphatic heterocycles. The van der Waals surface area contributed by atoms with Gasteiger partial charge in [0.15, 0.2) is 0 Å². The van der Waals surface area contributed by atoms with Crippen LogP contribution in [0.5, 0.6) is 0 Å². The number of likely N-dealkylation sites (tertiary alicyclic amines) is 1. The minimum absolute atomic E-state index is 0.606. The van der Waals surface area contributed by atoms with Gasteiger partial charge in [-0.2, -0.15) is 0 Å². The largest absolute Gasteiger partial charge is 0.311 e. The average Bonchev–Trinajstić information content (AvgIpc) is 2.36. The first-order chi connectivity index (χ1) is 9.22. The number of nitrogens with zero attached hydrogens (tertiary/aromatic N) is 1. The second-order valence-corrected chi connectivity index (χ2v) is 6.52. The van der Waals surface area contributed by atoms with Crippen LogP contribution in [0.2, 0.25) is 0 Å². The molecule has 1 aromatic rings. The van der Waals surface area contributed by atoms with Gasteiger partial charge in [-0.05, 0) is 36.9 Å². The number of benzene rings is 1. The fourth-order valence-corrected chi connectivity index (χ4v) is 3.67. The van der Waals surface area contributed by atoms with Crippen molar-refractivity contribution in [1.29, 1.82) is 0 Å². The van der Waals surface area contributed by atoms with E-state index in [0.29, 0.717) is 12.1 Å². The summed E-state index contributed by atoms with van der Waals surface area (Å²) in [5.74, 6) is 0.786. The maximum Gasteiger partial charge on any atom is 0.0197 e. The second-order valence-electron chi connectivity index (χ2n) is 6.52. The molecule has 1 aliphatic carbocycles. The number of nitrogens with one attached hydrogen (secondary N) is 1. The van der Waals surface area contributed by atoms with E-state index in [4.69, 9.17) is 0 Å². The van der Waals surface area contributed by atoms with Gasteiger partial charge in [-0.25, -0.2) is 0 Å². The first-order valence-corrected chi connectivity index (χ1v) is 7.78. The standard InChI is InChI=1S/C17H26N2/c1-13(2)18-16-7-5-9-19(12-16)11-15-10-14-6-3-4-8-17(14)15/h3-4,6,8,13,15-16,18H,5,7,9-12H2,1-2H3. The Morgan fingerprint density at radius 1 is 1.32 bits per heavy atom. The Morgan fingerprint density at radius 2 is 2.16 bits per heavy atom. The zero-order chi connectivity index (χ0) is 13.2. The molecule has 2 unspecified atom stereocenters. The topological polar surface area (TPSA) is 15.3 Å². The lowest BCUT2D eigenvalue weighted by Gasteiger charge is -2.39. The van der Waals surface area contributed by atoms with Crippen LogP contribution in [0.25, 0.3) is 0 Å². The highest BCUT2D eigenvalue weighted by molar-refractivity contribution is 5.40. The van der Waals surface area contributed by atoms with E-state index in [1.54, 1.807) is 11.1 Å². The predicted molar refractivity (Wildman–Crippen MR) is 80.6 cm³/mol. The summed E-state index contributed by atoms with van der Waals surface area (Å²) in [4.78, 5) is 2.67. The molecular formula is C17H26N2. The van der Waals surface area contributed by atoms with E-state index >= 15 is 0 Å². The molecule has 0 saturated carbocycles. The first kappa shape index (κ1) is 13.1. The molecule has 19 heavy (non-hydrogen) atoms. The van der Waals surface area contributed by atoms with Gasteiger partial charge in [0.05, 0.1) is 0 Å². The quantitative estimate of drug-likeness (QED) is 0.893. The molecule has 104 valence electrons. The zero-order valence-electron chi connectivity index (χ0n) is 12.2. The highest BCUT2D eigenvalue weighted by Crippen LogP contribution is 2.35. The van der Waals surface area contributed by atoms with Crippen LogP contribution in [0.1, 0.15) is 43.7 Å². The lowest BCUT2D eigenvalue weighted by Crippen LogP contribution is -2.49. The van der Waals surface area contributed by atoms with Crippen molar-refractivity contribution in [3.05, 3.63) is 35.4 Å². The third-order valence-corrected chi connectivity index (χ3v) is 4.51. The van der Waals surface area contributed by atoms with Gasteiger partial charge in [0, 0.05) is 31.1 Å². The first-order valence-electron chi connectivity index (χ1n) is 7.78. The van der Waals surface area contributed by atoms with E-state index in [1.807, 2.05) is 0 Å². The van der Waals surface area contributed by atoms with Crippen molar-refractivity contribution in [3.63, 3.8) is 0 Å². The van der Waals surface area contributed by atoms with Crippen molar-refractivity contribution < 1.29 is 0 Å². The number of hydrogen-bond acceptors (Lipinski definition) is 2. The van der Waals surface area contributed by atoms with Crippen molar-refractivity contribution >= 4 is 0 Å². The SMILES string of the molecule is CC(C)NC1CCCN(CC2Cc3ccccc32)C1. The van der Waals surface area contributed by atoms with E-state index in [9.17, 15) is 0 Å². The monoisotopic (exact) mass is 258 g/mol. The Hall–Kier alpha value is -0.860. The number of rotatable bonds is 4. The number of piperidine rings is 1. The normalized spacial score (nSPS) is 27.1. The van der Waals surface area contributed by atoms with Gasteiger partial charge in [-0.1, -0.05) is 38.1 Å². The smallest absolute Gasteiger partial charge is 0.0197 e. The Labute approximate surface area is 117 Å². The second kappa shape index (κ2) is 5.64. The van der Waals surface area contributed by atoms with Crippen LogP contribution in [0, 0.1) is 0 Å². The lowest BCUT2D eigenvalue weighted by molar-refractivity contribution is 0.172. The van der Waals surface area contributed by atoms with Crippen molar-refractivity contribution in [1.82, 2.24) is 10.2 Å².